The molecule has 2 rings (SSSR count). The van der Waals surface area contributed by atoms with E-state index in [0.717, 1.165) is 19.3 Å². The predicted molar refractivity (Wildman–Crippen MR) is 102 cm³/mol. The molecule has 0 aliphatic carbocycles. The van der Waals surface area contributed by atoms with Crippen LogP contribution < -0.4 is 4.74 Å². The van der Waals surface area contributed by atoms with Crippen LogP contribution in [0.1, 0.15) is 59.7 Å². The molecule has 26 heavy (non-hydrogen) atoms. The first-order valence-electron chi connectivity index (χ1n) is 8.85. The van der Waals surface area contributed by atoms with Crippen LogP contribution in [0.4, 0.5) is 0 Å². The van der Waals surface area contributed by atoms with E-state index in [4.69, 9.17) is 21.1 Å². The van der Waals surface area contributed by atoms with Gasteiger partial charge in [-0.15, -0.1) is 0 Å². The molecule has 0 fully saturated rings. The number of hydrogen-bond donors (Lipinski definition) is 0. The second-order valence-electron chi connectivity index (χ2n) is 5.97. The molecule has 4 nitrogen and oxygen atoms in total. The third-order valence-corrected chi connectivity index (χ3v) is 4.08. The molecular weight excluding hydrogens is 352 g/mol. The maximum atomic E-state index is 12.1. The lowest BCUT2D eigenvalue weighted by Gasteiger charge is -2.07. The van der Waals surface area contributed by atoms with Gasteiger partial charge < -0.3 is 9.47 Å². The maximum Gasteiger partial charge on any atom is 0.343 e. The Morgan fingerprint density at radius 1 is 0.885 bits per heavy atom. The van der Waals surface area contributed by atoms with E-state index in [1.807, 2.05) is 0 Å². The topological polar surface area (TPSA) is 52.6 Å². The Labute approximate surface area is 159 Å². The molecule has 0 aliphatic heterocycles. The lowest BCUT2D eigenvalue weighted by molar-refractivity contribution is 0.0497. The summed E-state index contributed by atoms with van der Waals surface area (Å²) >= 11 is 5.86. The average molecular weight is 375 g/mol. The zero-order valence-electron chi connectivity index (χ0n) is 14.9. The van der Waals surface area contributed by atoms with Gasteiger partial charge in [0.25, 0.3) is 0 Å². The van der Waals surface area contributed by atoms with E-state index in [0.29, 0.717) is 28.5 Å². The summed E-state index contributed by atoms with van der Waals surface area (Å²) in [6.45, 7) is 2.58. The smallest absolute Gasteiger partial charge is 0.343 e. The van der Waals surface area contributed by atoms with Crippen molar-refractivity contribution >= 4 is 23.5 Å². The molecule has 0 heterocycles. The third-order valence-electron chi connectivity index (χ3n) is 3.84. The van der Waals surface area contributed by atoms with E-state index < -0.39 is 5.97 Å². The summed E-state index contributed by atoms with van der Waals surface area (Å²) < 4.78 is 10.5. The van der Waals surface area contributed by atoms with E-state index in [2.05, 4.69) is 6.92 Å². The molecule has 5 heteroatoms. The minimum absolute atomic E-state index is 0.348. The predicted octanol–water partition coefficient (Wildman–Crippen LogP) is 5.69. The van der Waals surface area contributed by atoms with Crippen LogP contribution in [0.2, 0.25) is 5.02 Å². The number of benzene rings is 2. The summed E-state index contributed by atoms with van der Waals surface area (Å²) in [7, 11) is 0. The van der Waals surface area contributed by atoms with Gasteiger partial charge in [0, 0.05) is 5.02 Å². The van der Waals surface area contributed by atoms with Gasteiger partial charge in [0.15, 0.2) is 0 Å². The second kappa shape index (κ2) is 10.6. The van der Waals surface area contributed by atoms with Crippen molar-refractivity contribution in [2.75, 3.05) is 6.61 Å². The van der Waals surface area contributed by atoms with E-state index in [-0.39, 0.29) is 5.97 Å². The minimum Gasteiger partial charge on any atom is -0.462 e. The Hall–Kier alpha value is -2.33. The summed E-state index contributed by atoms with van der Waals surface area (Å²) in [4.78, 5) is 24.1. The van der Waals surface area contributed by atoms with Crippen molar-refractivity contribution in [3.8, 4) is 5.75 Å². The van der Waals surface area contributed by atoms with Crippen molar-refractivity contribution in [3.05, 3.63) is 64.7 Å². The summed E-state index contributed by atoms with van der Waals surface area (Å²) in [6.07, 6.45) is 5.50. The van der Waals surface area contributed by atoms with Gasteiger partial charge in [0.1, 0.15) is 5.75 Å². The van der Waals surface area contributed by atoms with Gasteiger partial charge in [-0.3, -0.25) is 0 Å². The van der Waals surface area contributed by atoms with Crippen LogP contribution in [0, 0.1) is 0 Å². The molecule has 0 saturated heterocycles. The zero-order valence-corrected chi connectivity index (χ0v) is 15.6. The molecule has 138 valence electrons. The number of halogens is 1. The van der Waals surface area contributed by atoms with Crippen molar-refractivity contribution < 1.29 is 19.1 Å². The second-order valence-corrected chi connectivity index (χ2v) is 6.41. The van der Waals surface area contributed by atoms with Gasteiger partial charge in [-0.2, -0.15) is 0 Å². The Morgan fingerprint density at radius 3 is 2.19 bits per heavy atom. The zero-order chi connectivity index (χ0) is 18.8. The molecule has 0 unspecified atom stereocenters. The summed E-state index contributed by atoms with van der Waals surface area (Å²) in [5.74, 6) is -0.521. The molecule has 2 aromatic carbocycles. The highest BCUT2D eigenvalue weighted by atomic mass is 35.5. The van der Waals surface area contributed by atoms with Crippen LogP contribution in [0.3, 0.4) is 0 Å². The van der Waals surface area contributed by atoms with Crippen molar-refractivity contribution in [3.63, 3.8) is 0 Å². The van der Waals surface area contributed by atoms with E-state index >= 15 is 0 Å². The molecule has 0 saturated carbocycles. The van der Waals surface area contributed by atoms with Crippen molar-refractivity contribution in [1.82, 2.24) is 0 Å². The van der Waals surface area contributed by atoms with Crippen LogP contribution in [-0.2, 0) is 4.74 Å². The molecule has 0 spiro atoms. The van der Waals surface area contributed by atoms with Crippen LogP contribution in [0.5, 0.6) is 5.75 Å². The Morgan fingerprint density at radius 2 is 1.54 bits per heavy atom. The minimum atomic E-state index is -0.511. The van der Waals surface area contributed by atoms with Crippen LogP contribution in [0.15, 0.2) is 48.5 Å². The molecular formula is C21H23ClO4. The summed E-state index contributed by atoms with van der Waals surface area (Å²) in [5, 5.41) is 0.489. The number of hydrogen-bond acceptors (Lipinski definition) is 4. The van der Waals surface area contributed by atoms with Crippen LogP contribution in [-0.4, -0.2) is 18.5 Å². The van der Waals surface area contributed by atoms with Gasteiger partial charge >= 0.3 is 11.9 Å². The molecule has 0 aromatic heterocycles. The lowest BCUT2D eigenvalue weighted by atomic mass is 10.1. The number of esters is 2. The molecule has 0 bridgehead atoms. The van der Waals surface area contributed by atoms with Gasteiger partial charge in [-0.05, 0) is 48.9 Å². The summed E-state index contributed by atoms with van der Waals surface area (Å²) in [6, 6.07) is 12.8. The number of carbonyl (C=O) groups is 2. The van der Waals surface area contributed by atoms with Gasteiger partial charge in [0.2, 0.25) is 0 Å². The quantitative estimate of drug-likeness (QED) is 0.321. The summed E-state index contributed by atoms with van der Waals surface area (Å²) in [5.41, 5.74) is 0.763. The highest BCUT2D eigenvalue weighted by molar-refractivity contribution is 6.30. The number of rotatable bonds is 9. The Bertz CT molecular complexity index is 725. The number of unbranched alkanes of at least 4 members (excludes halogenated alkanes) is 4. The standard InChI is InChI=1S/C21H23ClO4/c1-2-3-4-5-6-14-25-20(23)16-10-12-17(13-11-16)21(24)26-19-9-7-8-18(22)15-19/h7-13,15H,2-6,14H2,1H3. The van der Waals surface area contributed by atoms with Crippen molar-refractivity contribution in [2.24, 2.45) is 0 Å². The first-order valence-corrected chi connectivity index (χ1v) is 9.23. The average Bonchev–Trinajstić information content (AvgIpc) is 2.64. The van der Waals surface area contributed by atoms with E-state index in [9.17, 15) is 9.59 Å². The molecule has 2 aromatic rings. The number of carbonyl (C=O) groups excluding carboxylic acids is 2. The molecule has 0 amide bonds. The molecule has 0 N–H and O–H groups in total. The molecule has 0 radical (unpaired) electrons. The maximum absolute atomic E-state index is 12.1. The fraction of sp³-hybridized carbons (Fsp3) is 0.333. The van der Waals surface area contributed by atoms with E-state index in [1.165, 1.54) is 12.8 Å². The monoisotopic (exact) mass is 374 g/mol. The molecule has 0 atom stereocenters. The van der Waals surface area contributed by atoms with Crippen molar-refractivity contribution in [1.29, 1.82) is 0 Å². The Balaban J connectivity index is 1.83. The lowest BCUT2D eigenvalue weighted by Crippen LogP contribution is -2.10. The fourth-order valence-electron chi connectivity index (χ4n) is 2.39. The SMILES string of the molecule is CCCCCCCOC(=O)c1ccc(C(=O)Oc2cccc(Cl)c2)cc1. The van der Waals surface area contributed by atoms with Gasteiger partial charge in [0.05, 0.1) is 17.7 Å². The number of ether oxygens (including phenoxy) is 2. The third kappa shape index (κ3) is 6.52. The van der Waals surface area contributed by atoms with E-state index in [1.54, 1.807) is 48.5 Å². The Kier molecular flexibility index (Phi) is 8.16. The largest absolute Gasteiger partial charge is 0.462 e. The normalized spacial score (nSPS) is 10.4. The first kappa shape index (κ1) is 20.0. The first-order chi connectivity index (χ1) is 12.6. The highest BCUT2D eigenvalue weighted by Gasteiger charge is 2.12. The molecule has 0 aliphatic rings. The highest BCUT2D eigenvalue weighted by Crippen LogP contribution is 2.18. The van der Waals surface area contributed by atoms with Crippen LogP contribution in [0.25, 0.3) is 0 Å². The van der Waals surface area contributed by atoms with Crippen LogP contribution >= 0.6 is 11.6 Å². The van der Waals surface area contributed by atoms with Crippen molar-refractivity contribution in [2.45, 2.75) is 39.0 Å². The fourth-order valence-corrected chi connectivity index (χ4v) is 2.57. The van der Waals surface area contributed by atoms with Gasteiger partial charge in [-0.1, -0.05) is 50.3 Å². The van der Waals surface area contributed by atoms with Gasteiger partial charge in [-0.25, -0.2) is 9.59 Å².